The zero-order chi connectivity index (χ0) is 12.1. The van der Waals surface area contributed by atoms with E-state index < -0.39 is 0 Å². The zero-order valence-corrected chi connectivity index (χ0v) is 10.5. The Morgan fingerprint density at radius 1 is 1.53 bits per heavy atom. The van der Waals surface area contributed by atoms with Crippen LogP contribution in [0.3, 0.4) is 0 Å². The van der Waals surface area contributed by atoms with Crippen LogP contribution in [0.15, 0.2) is 12.3 Å². The van der Waals surface area contributed by atoms with Gasteiger partial charge in [-0.15, -0.1) is 0 Å². The molecule has 1 aliphatic rings. The minimum absolute atomic E-state index is 0.239. The number of piperidine rings is 1. The molecule has 4 nitrogen and oxygen atoms in total. The lowest BCUT2D eigenvalue weighted by molar-refractivity contribution is 0.0960. The fourth-order valence-corrected chi connectivity index (χ4v) is 2.46. The largest absolute Gasteiger partial charge is 0.317 e. The summed E-state index contributed by atoms with van der Waals surface area (Å²) in [6.45, 7) is 4.98. The van der Waals surface area contributed by atoms with Crippen LogP contribution in [0.25, 0.3) is 0 Å². The number of carbonyl (C=O) groups excluding carboxylic acids is 1. The summed E-state index contributed by atoms with van der Waals surface area (Å²) in [6, 6.07) is 1.83. The molecular weight excluding hydrogens is 214 g/mol. The van der Waals surface area contributed by atoms with Gasteiger partial charge in [0.2, 0.25) is 0 Å². The molecular formula is C13H21N3O. The first-order chi connectivity index (χ1) is 8.31. The third kappa shape index (κ3) is 3.16. The highest BCUT2D eigenvalue weighted by atomic mass is 16.1. The molecule has 1 saturated heterocycles. The van der Waals surface area contributed by atoms with Crippen molar-refractivity contribution in [2.75, 3.05) is 13.1 Å². The number of carbonyl (C=O) groups is 1. The lowest BCUT2D eigenvalue weighted by atomic mass is 9.92. The molecule has 0 amide bonds. The summed E-state index contributed by atoms with van der Waals surface area (Å²) < 4.78 is 1.78. The predicted octanol–water partition coefficient (Wildman–Crippen LogP) is 1.87. The highest BCUT2D eigenvalue weighted by Gasteiger charge is 2.16. The van der Waals surface area contributed by atoms with Gasteiger partial charge in [0.15, 0.2) is 5.78 Å². The maximum Gasteiger partial charge on any atom is 0.180 e. The van der Waals surface area contributed by atoms with Crippen LogP contribution < -0.4 is 5.32 Å². The molecule has 1 N–H and O–H groups in total. The van der Waals surface area contributed by atoms with E-state index in [0.29, 0.717) is 6.42 Å². The number of aromatic nitrogens is 2. The van der Waals surface area contributed by atoms with Crippen LogP contribution in [0.1, 0.15) is 43.1 Å². The van der Waals surface area contributed by atoms with Crippen molar-refractivity contribution >= 4 is 5.78 Å². The van der Waals surface area contributed by atoms with E-state index in [2.05, 4.69) is 10.4 Å². The van der Waals surface area contributed by atoms with Crippen molar-refractivity contribution in [3.63, 3.8) is 0 Å². The fourth-order valence-electron chi connectivity index (χ4n) is 2.46. The number of hydrogen-bond donors (Lipinski definition) is 1. The first-order valence-corrected chi connectivity index (χ1v) is 6.57. The first-order valence-electron chi connectivity index (χ1n) is 6.57. The fraction of sp³-hybridized carbons (Fsp3) is 0.692. The molecule has 0 spiro atoms. The van der Waals surface area contributed by atoms with Crippen molar-refractivity contribution in [1.29, 1.82) is 0 Å². The molecule has 2 rings (SSSR count). The van der Waals surface area contributed by atoms with Gasteiger partial charge >= 0.3 is 0 Å². The number of ketones is 1. The normalized spacial score (nSPS) is 17.2. The van der Waals surface area contributed by atoms with Crippen LogP contribution in [-0.2, 0) is 6.54 Å². The summed E-state index contributed by atoms with van der Waals surface area (Å²) >= 11 is 0. The standard InChI is InChI=1S/C13H21N3O/c1-2-16-12(7-10-15-16)13(17)4-3-11-5-8-14-9-6-11/h7,10-11,14H,2-6,8-9H2,1H3. The number of aryl methyl sites for hydroxylation is 1. The number of nitrogens with zero attached hydrogens (tertiary/aromatic N) is 2. The van der Waals surface area contributed by atoms with E-state index in [1.54, 1.807) is 10.9 Å². The van der Waals surface area contributed by atoms with Crippen molar-refractivity contribution < 1.29 is 4.79 Å². The Hall–Kier alpha value is -1.16. The van der Waals surface area contributed by atoms with E-state index in [1.165, 1.54) is 12.8 Å². The Morgan fingerprint density at radius 2 is 2.29 bits per heavy atom. The van der Waals surface area contributed by atoms with Crippen molar-refractivity contribution in [1.82, 2.24) is 15.1 Å². The monoisotopic (exact) mass is 235 g/mol. The molecule has 0 aromatic carbocycles. The second-order valence-electron chi connectivity index (χ2n) is 4.69. The van der Waals surface area contributed by atoms with Crippen LogP contribution in [0, 0.1) is 5.92 Å². The van der Waals surface area contributed by atoms with Crippen LogP contribution in [0.5, 0.6) is 0 Å². The van der Waals surface area contributed by atoms with E-state index >= 15 is 0 Å². The molecule has 0 atom stereocenters. The molecule has 0 radical (unpaired) electrons. The maximum absolute atomic E-state index is 12.1. The van der Waals surface area contributed by atoms with E-state index in [9.17, 15) is 4.79 Å². The van der Waals surface area contributed by atoms with E-state index in [4.69, 9.17) is 0 Å². The average Bonchev–Trinajstić information content (AvgIpc) is 2.85. The van der Waals surface area contributed by atoms with Crippen LogP contribution in [-0.4, -0.2) is 28.7 Å². The number of nitrogens with one attached hydrogen (secondary N) is 1. The summed E-state index contributed by atoms with van der Waals surface area (Å²) in [5.74, 6) is 0.959. The molecule has 17 heavy (non-hydrogen) atoms. The van der Waals surface area contributed by atoms with Crippen LogP contribution >= 0.6 is 0 Å². The maximum atomic E-state index is 12.1. The zero-order valence-electron chi connectivity index (χ0n) is 10.5. The summed E-state index contributed by atoms with van der Waals surface area (Å²) in [7, 11) is 0. The lowest BCUT2D eigenvalue weighted by Crippen LogP contribution is -2.28. The van der Waals surface area contributed by atoms with Gasteiger partial charge in [-0.2, -0.15) is 5.10 Å². The second-order valence-corrected chi connectivity index (χ2v) is 4.69. The minimum atomic E-state index is 0.239. The van der Waals surface area contributed by atoms with E-state index in [-0.39, 0.29) is 5.78 Å². The van der Waals surface area contributed by atoms with Gasteiger partial charge in [0.1, 0.15) is 5.69 Å². The molecule has 2 heterocycles. The average molecular weight is 235 g/mol. The number of Topliss-reactive ketones (excluding diaryl/α,β-unsaturated/α-hetero) is 1. The van der Waals surface area contributed by atoms with E-state index in [0.717, 1.165) is 37.7 Å². The van der Waals surface area contributed by atoms with Gasteiger partial charge in [-0.3, -0.25) is 9.48 Å². The third-order valence-corrected chi connectivity index (χ3v) is 3.54. The molecule has 94 valence electrons. The Labute approximate surface area is 102 Å². The van der Waals surface area contributed by atoms with Crippen LogP contribution in [0.4, 0.5) is 0 Å². The Kier molecular flexibility index (Phi) is 4.31. The molecule has 1 aromatic rings. The molecule has 0 aliphatic carbocycles. The van der Waals surface area contributed by atoms with Crippen molar-refractivity contribution in [3.05, 3.63) is 18.0 Å². The van der Waals surface area contributed by atoms with Gasteiger partial charge in [-0.1, -0.05) is 0 Å². The molecule has 1 fully saturated rings. The number of hydrogen-bond acceptors (Lipinski definition) is 3. The molecule has 0 unspecified atom stereocenters. The quantitative estimate of drug-likeness (QED) is 0.792. The third-order valence-electron chi connectivity index (χ3n) is 3.54. The SMILES string of the molecule is CCn1nccc1C(=O)CCC1CCNCC1. The Morgan fingerprint density at radius 3 is 3.00 bits per heavy atom. The summed E-state index contributed by atoms with van der Waals surface area (Å²) in [6.07, 6.45) is 5.81. The van der Waals surface area contributed by atoms with Crippen molar-refractivity contribution in [3.8, 4) is 0 Å². The highest BCUT2D eigenvalue weighted by Crippen LogP contribution is 2.19. The lowest BCUT2D eigenvalue weighted by Gasteiger charge is -2.22. The molecule has 4 heteroatoms. The molecule has 0 bridgehead atoms. The molecule has 1 aliphatic heterocycles. The van der Waals surface area contributed by atoms with Crippen LogP contribution in [0.2, 0.25) is 0 Å². The van der Waals surface area contributed by atoms with Gasteiger partial charge in [-0.25, -0.2) is 0 Å². The van der Waals surface area contributed by atoms with Gasteiger partial charge in [0.25, 0.3) is 0 Å². The van der Waals surface area contributed by atoms with Crippen molar-refractivity contribution in [2.45, 2.75) is 39.2 Å². The topological polar surface area (TPSA) is 46.9 Å². The van der Waals surface area contributed by atoms with Crippen molar-refractivity contribution in [2.24, 2.45) is 5.92 Å². The predicted molar refractivity (Wildman–Crippen MR) is 67.1 cm³/mol. The Bertz CT molecular complexity index is 366. The highest BCUT2D eigenvalue weighted by molar-refractivity contribution is 5.94. The van der Waals surface area contributed by atoms with Gasteiger partial charge < -0.3 is 5.32 Å². The molecule has 1 aromatic heterocycles. The van der Waals surface area contributed by atoms with E-state index in [1.807, 2.05) is 13.0 Å². The Balaban J connectivity index is 1.84. The van der Waals surface area contributed by atoms with Gasteiger partial charge in [-0.05, 0) is 51.3 Å². The minimum Gasteiger partial charge on any atom is -0.317 e. The molecule has 0 saturated carbocycles. The second kappa shape index (κ2) is 5.96. The number of rotatable bonds is 5. The first kappa shape index (κ1) is 12.3. The summed E-state index contributed by atoms with van der Waals surface area (Å²) in [5, 5.41) is 7.49. The summed E-state index contributed by atoms with van der Waals surface area (Å²) in [5.41, 5.74) is 0.765. The van der Waals surface area contributed by atoms with Gasteiger partial charge in [0, 0.05) is 19.2 Å². The smallest absolute Gasteiger partial charge is 0.180 e. The summed E-state index contributed by atoms with van der Waals surface area (Å²) in [4.78, 5) is 12.1. The van der Waals surface area contributed by atoms with Gasteiger partial charge in [0.05, 0.1) is 0 Å².